The molecule has 0 aliphatic heterocycles. The Kier molecular flexibility index (Phi) is 10.9. The Balaban J connectivity index is 0. The molecule has 2 nitrogen and oxygen atoms in total. The van der Waals surface area contributed by atoms with Gasteiger partial charge in [0.2, 0.25) is 0 Å². The fourth-order valence-electron chi connectivity index (χ4n) is 0. The number of thiol groups is 1. The van der Waals surface area contributed by atoms with Crippen LogP contribution in [0.4, 0.5) is 0 Å². The molecule has 0 saturated carbocycles. The minimum atomic E-state index is -2.29. The Morgan fingerprint density at radius 2 is 1.80 bits per heavy atom. The summed E-state index contributed by atoms with van der Waals surface area (Å²) in [6, 6.07) is 0. The van der Waals surface area contributed by atoms with Crippen molar-refractivity contribution in [3.63, 3.8) is 0 Å². The van der Waals surface area contributed by atoms with Gasteiger partial charge in [0.05, 0.1) is 0 Å². The third kappa shape index (κ3) is 28.5. The van der Waals surface area contributed by atoms with E-state index >= 15 is 0 Å². The van der Waals surface area contributed by atoms with E-state index in [9.17, 15) is 0 Å². The minimum absolute atomic E-state index is 0. The van der Waals surface area contributed by atoms with Crippen molar-refractivity contribution in [2.24, 2.45) is 0 Å². The molecule has 0 aliphatic rings. The van der Waals surface area contributed by atoms with E-state index in [0.717, 1.165) is 0 Å². The van der Waals surface area contributed by atoms with Crippen LogP contribution in [-0.2, 0) is 20.8 Å². The zero-order valence-electron chi connectivity index (χ0n) is 1.71. The molecule has 5 heteroatoms. The molecule has 0 amide bonds. The summed E-state index contributed by atoms with van der Waals surface area (Å²) in [6.45, 7) is 0. The normalized spacial score (nSPS) is 12.2. The monoisotopic (exact) mass is 140 g/mol. The van der Waals surface area contributed by atoms with Gasteiger partial charge in [-0.2, -0.15) is 0 Å². The van der Waals surface area contributed by atoms with Crippen LogP contribution in [0.15, 0.2) is 0 Å². The molecule has 0 fully saturated rings. The van der Waals surface area contributed by atoms with Crippen molar-refractivity contribution in [2.45, 2.75) is 0 Å². The standard InChI is InChI=1S/Ca.H2O2S2.2H/c;1-4(2)3;;/h;4H,(H,1,2,3);;. The average Bonchev–Trinajstić information content (AvgIpc) is 0.811. The zero-order valence-corrected chi connectivity index (χ0v) is 3.42. The summed E-state index contributed by atoms with van der Waals surface area (Å²) >= 11 is 3.69. The Hall–Kier alpha value is 1.59. The van der Waals surface area contributed by atoms with Gasteiger partial charge in [-0.3, -0.25) is 0 Å². The Bertz CT molecular complexity index is 56.0. The van der Waals surface area contributed by atoms with Gasteiger partial charge in [0.15, 0.2) is 0 Å². The van der Waals surface area contributed by atoms with Crippen LogP contribution < -0.4 is 0 Å². The van der Waals surface area contributed by atoms with E-state index in [1.165, 1.54) is 0 Å². The maximum absolute atomic E-state index is 8.96. The van der Waals surface area contributed by atoms with Crippen molar-refractivity contribution in [1.82, 2.24) is 0 Å². The first-order valence-electron chi connectivity index (χ1n) is 0.565. The van der Waals surface area contributed by atoms with Crippen molar-refractivity contribution in [2.75, 3.05) is 0 Å². The molecule has 0 heterocycles. The molecule has 0 bridgehead atoms. The van der Waals surface area contributed by atoms with Crippen LogP contribution >= 0.6 is 0 Å². The van der Waals surface area contributed by atoms with Gasteiger partial charge in [-0.1, -0.05) is 0 Å². The summed E-state index contributed by atoms with van der Waals surface area (Å²) in [5.41, 5.74) is 0. The van der Waals surface area contributed by atoms with E-state index in [0.29, 0.717) is 0 Å². The Labute approximate surface area is 66.5 Å². The van der Waals surface area contributed by atoms with Crippen LogP contribution in [-0.4, -0.2) is 46.5 Å². The molecule has 0 aromatic carbocycles. The second kappa shape index (κ2) is 5.59. The van der Waals surface area contributed by atoms with Gasteiger partial charge in [-0.15, -0.1) is 0 Å². The molecule has 0 saturated heterocycles. The molecule has 0 radical (unpaired) electrons. The maximum atomic E-state index is 8.96. The molecule has 0 aromatic heterocycles. The van der Waals surface area contributed by atoms with Gasteiger partial charge in [-0.25, -0.2) is 4.21 Å². The molecular formula is H4CaO2S2. The van der Waals surface area contributed by atoms with E-state index < -0.39 is 9.64 Å². The molecule has 1 unspecified atom stereocenters. The second-order valence-corrected chi connectivity index (χ2v) is 1.65. The molecule has 1 N–H and O–H groups in total. The summed E-state index contributed by atoms with van der Waals surface area (Å²) in [7, 11) is -2.29. The molecule has 0 rings (SSSR count). The van der Waals surface area contributed by atoms with Crippen LogP contribution in [0.3, 0.4) is 0 Å². The van der Waals surface area contributed by atoms with Gasteiger partial charge < -0.3 is 4.55 Å². The van der Waals surface area contributed by atoms with Gasteiger partial charge in [0, 0.05) is 11.2 Å². The fourth-order valence-corrected chi connectivity index (χ4v) is 0. The fraction of sp³-hybridized carbons (Fsp3) is 0. The van der Waals surface area contributed by atoms with Crippen LogP contribution in [0.5, 0.6) is 0 Å². The van der Waals surface area contributed by atoms with E-state index in [4.69, 9.17) is 8.76 Å². The van der Waals surface area contributed by atoms with Crippen LogP contribution in [0, 0.1) is 0 Å². The van der Waals surface area contributed by atoms with E-state index in [-0.39, 0.29) is 37.7 Å². The number of hydrogen-bond donors (Lipinski definition) is 2. The summed E-state index contributed by atoms with van der Waals surface area (Å²) in [6.07, 6.45) is 0. The van der Waals surface area contributed by atoms with Crippen molar-refractivity contribution in [1.29, 1.82) is 0 Å². The summed E-state index contributed by atoms with van der Waals surface area (Å²) in [4.78, 5) is 0. The van der Waals surface area contributed by atoms with Crippen molar-refractivity contribution in [3.8, 4) is 0 Å². The van der Waals surface area contributed by atoms with Crippen LogP contribution in [0.2, 0.25) is 0 Å². The summed E-state index contributed by atoms with van der Waals surface area (Å²) in [5.74, 6) is 0. The quantitative estimate of drug-likeness (QED) is 0.317. The topological polar surface area (TPSA) is 37.3 Å². The molecular weight excluding hydrogens is 136 g/mol. The molecule has 30 valence electrons. The predicted octanol–water partition coefficient (Wildman–Crippen LogP) is -1.51. The van der Waals surface area contributed by atoms with Crippen molar-refractivity contribution < 1.29 is 8.76 Å². The summed E-state index contributed by atoms with van der Waals surface area (Å²) < 4.78 is 16.3. The van der Waals surface area contributed by atoms with Crippen molar-refractivity contribution in [3.05, 3.63) is 0 Å². The van der Waals surface area contributed by atoms with Crippen molar-refractivity contribution >= 4 is 58.6 Å². The predicted molar refractivity (Wildman–Crippen MR) is 28.1 cm³/mol. The number of rotatable bonds is 0. The number of hydrogen-bond acceptors (Lipinski definition) is 2. The second-order valence-electron chi connectivity index (χ2n) is 0.238. The summed E-state index contributed by atoms with van der Waals surface area (Å²) in [5, 5.41) is 0. The third-order valence-corrected chi connectivity index (χ3v) is 0. The Morgan fingerprint density at radius 1 is 1.80 bits per heavy atom. The molecule has 5 heavy (non-hydrogen) atoms. The zero-order chi connectivity index (χ0) is 3.58. The molecule has 0 aliphatic carbocycles. The van der Waals surface area contributed by atoms with E-state index in [1.54, 1.807) is 0 Å². The first kappa shape index (κ1) is 9.77. The SMILES string of the molecule is O=[SH](O)=S.[CaH2]. The Morgan fingerprint density at radius 3 is 1.80 bits per heavy atom. The third-order valence-electron chi connectivity index (χ3n) is 0. The molecule has 1 atom stereocenters. The van der Waals surface area contributed by atoms with Gasteiger partial charge in [-0.05, 0) is 0 Å². The van der Waals surface area contributed by atoms with Crippen LogP contribution in [0.1, 0.15) is 0 Å². The first-order valence-corrected chi connectivity index (χ1v) is 2.79. The molecule has 0 aromatic rings. The average molecular weight is 140 g/mol. The molecule has 0 spiro atoms. The first-order chi connectivity index (χ1) is 1.73. The van der Waals surface area contributed by atoms with Gasteiger partial charge >= 0.3 is 37.7 Å². The van der Waals surface area contributed by atoms with Gasteiger partial charge in [0.1, 0.15) is 9.64 Å². The van der Waals surface area contributed by atoms with Crippen LogP contribution in [0.25, 0.3) is 0 Å². The van der Waals surface area contributed by atoms with Gasteiger partial charge in [0.25, 0.3) is 0 Å². The van der Waals surface area contributed by atoms with E-state index in [1.807, 2.05) is 0 Å². The van der Waals surface area contributed by atoms with E-state index in [2.05, 4.69) is 11.2 Å².